The van der Waals surface area contributed by atoms with Gasteiger partial charge in [0.05, 0.1) is 6.61 Å². The highest BCUT2D eigenvalue weighted by molar-refractivity contribution is 5.94. The third-order valence-corrected chi connectivity index (χ3v) is 3.39. The van der Waals surface area contributed by atoms with Gasteiger partial charge in [0.2, 0.25) is 0 Å². The largest absolute Gasteiger partial charge is 0.477 e. The highest BCUT2D eigenvalue weighted by Gasteiger charge is 2.26. The molecule has 0 saturated carbocycles. The molecule has 1 aromatic heterocycles. The molecule has 6 heteroatoms. The number of aromatic carboxylic acids is 1. The molecule has 0 fully saturated rings. The fraction of sp³-hybridized carbons (Fsp3) is 0.286. The summed E-state index contributed by atoms with van der Waals surface area (Å²) in [5.41, 5.74) is 1.68. The van der Waals surface area contributed by atoms with E-state index >= 15 is 0 Å². The molecule has 104 valence electrons. The first kappa shape index (κ1) is 12.8. The number of fused-ring (bicyclic) bond motifs is 1. The molecule has 3 rings (SSSR count). The van der Waals surface area contributed by atoms with E-state index < -0.39 is 11.8 Å². The fourth-order valence-corrected chi connectivity index (χ4v) is 2.42. The van der Waals surface area contributed by atoms with Crippen molar-refractivity contribution in [1.29, 1.82) is 0 Å². The van der Waals surface area contributed by atoms with E-state index in [0.717, 1.165) is 5.56 Å². The van der Waals surface area contributed by atoms with E-state index in [9.17, 15) is 14.3 Å². The number of nitrogens with zero attached hydrogens (tertiary/aromatic N) is 2. The van der Waals surface area contributed by atoms with Crippen LogP contribution < -0.4 is 0 Å². The summed E-state index contributed by atoms with van der Waals surface area (Å²) < 4.78 is 20.4. The van der Waals surface area contributed by atoms with E-state index in [0.29, 0.717) is 30.2 Å². The second-order valence-electron chi connectivity index (χ2n) is 4.69. The quantitative estimate of drug-likeness (QED) is 0.913. The maximum absolute atomic E-state index is 13.4. The van der Waals surface area contributed by atoms with Crippen LogP contribution in [0.3, 0.4) is 0 Å². The summed E-state index contributed by atoms with van der Waals surface area (Å²) in [6.07, 6.45) is 0. The molecule has 1 aliphatic rings. The van der Waals surface area contributed by atoms with E-state index in [-0.39, 0.29) is 12.3 Å². The summed E-state index contributed by atoms with van der Waals surface area (Å²) in [4.78, 5) is 15.9. The zero-order valence-corrected chi connectivity index (χ0v) is 10.9. The SMILES string of the molecule is Cc1ccc(F)cc1-c1nc2n(c1C(=O)O)CCOC2. The number of imidazole rings is 1. The first-order valence-corrected chi connectivity index (χ1v) is 6.25. The van der Waals surface area contributed by atoms with Crippen LogP contribution in [0.5, 0.6) is 0 Å². The van der Waals surface area contributed by atoms with E-state index in [1.165, 1.54) is 12.1 Å². The lowest BCUT2D eigenvalue weighted by molar-refractivity contribution is 0.0642. The molecule has 0 radical (unpaired) electrons. The van der Waals surface area contributed by atoms with Crippen LogP contribution in [-0.2, 0) is 17.9 Å². The monoisotopic (exact) mass is 276 g/mol. The summed E-state index contributed by atoms with van der Waals surface area (Å²) in [6, 6.07) is 4.28. The van der Waals surface area contributed by atoms with Crippen LogP contribution in [0, 0.1) is 12.7 Å². The lowest BCUT2D eigenvalue weighted by atomic mass is 10.0. The Hall–Kier alpha value is -2.21. The summed E-state index contributed by atoms with van der Waals surface area (Å²) >= 11 is 0. The standard InChI is InChI=1S/C14H13FN2O3/c1-8-2-3-9(15)6-10(8)12-13(14(18)19)17-4-5-20-7-11(17)16-12/h2-3,6H,4-5,7H2,1H3,(H,18,19). The van der Waals surface area contributed by atoms with Gasteiger partial charge in [-0.2, -0.15) is 0 Å². The van der Waals surface area contributed by atoms with Crippen molar-refractivity contribution in [1.82, 2.24) is 9.55 Å². The summed E-state index contributed by atoms with van der Waals surface area (Å²) in [7, 11) is 0. The van der Waals surface area contributed by atoms with Crippen molar-refractivity contribution in [3.63, 3.8) is 0 Å². The molecule has 0 spiro atoms. The number of hydrogen-bond acceptors (Lipinski definition) is 3. The molecule has 0 saturated heterocycles. The van der Waals surface area contributed by atoms with Gasteiger partial charge in [0.1, 0.15) is 23.9 Å². The van der Waals surface area contributed by atoms with Gasteiger partial charge in [0, 0.05) is 12.1 Å². The van der Waals surface area contributed by atoms with E-state index in [4.69, 9.17) is 4.74 Å². The molecule has 0 atom stereocenters. The first-order valence-electron chi connectivity index (χ1n) is 6.25. The molecule has 20 heavy (non-hydrogen) atoms. The van der Waals surface area contributed by atoms with Crippen LogP contribution in [-0.4, -0.2) is 27.2 Å². The van der Waals surface area contributed by atoms with Crippen LogP contribution >= 0.6 is 0 Å². The molecule has 5 nitrogen and oxygen atoms in total. The Kier molecular flexibility index (Phi) is 3.02. The van der Waals surface area contributed by atoms with Crippen molar-refractivity contribution in [2.24, 2.45) is 0 Å². The Morgan fingerprint density at radius 3 is 3.05 bits per heavy atom. The lowest BCUT2D eigenvalue weighted by Gasteiger charge is -2.15. The summed E-state index contributed by atoms with van der Waals surface area (Å²) in [5, 5.41) is 9.44. The number of hydrogen-bond donors (Lipinski definition) is 1. The maximum atomic E-state index is 13.4. The number of aryl methyl sites for hydroxylation is 1. The summed E-state index contributed by atoms with van der Waals surface area (Å²) in [6.45, 7) is 2.97. The number of aromatic nitrogens is 2. The van der Waals surface area contributed by atoms with Crippen molar-refractivity contribution >= 4 is 5.97 Å². The van der Waals surface area contributed by atoms with Crippen molar-refractivity contribution < 1.29 is 19.0 Å². The Morgan fingerprint density at radius 2 is 2.30 bits per heavy atom. The molecule has 1 N–H and O–H groups in total. The van der Waals surface area contributed by atoms with Crippen molar-refractivity contribution in [2.45, 2.75) is 20.1 Å². The van der Waals surface area contributed by atoms with Gasteiger partial charge in [-0.05, 0) is 24.6 Å². The number of rotatable bonds is 2. The second kappa shape index (κ2) is 4.72. The second-order valence-corrected chi connectivity index (χ2v) is 4.69. The number of carboxylic acid groups (broad SMARTS) is 1. The van der Waals surface area contributed by atoms with Crippen molar-refractivity contribution in [2.75, 3.05) is 6.61 Å². The van der Waals surface area contributed by atoms with Gasteiger partial charge in [-0.1, -0.05) is 6.07 Å². The zero-order chi connectivity index (χ0) is 14.3. The van der Waals surface area contributed by atoms with Gasteiger partial charge in [-0.3, -0.25) is 0 Å². The van der Waals surface area contributed by atoms with Crippen molar-refractivity contribution in [3.8, 4) is 11.3 Å². The highest BCUT2D eigenvalue weighted by Crippen LogP contribution is 2.29. The Bertz CT molecular complexity index is 694. The molecule has 2 heterocycles. The zero-order valence-electron chi connectivity index (χ0n) is 10.9. The minimum absolute atomic E-state index is 0.0944. The van der Waals surface area contributed by atoms with Gasteiger partial charge < -0.3 is 14.4 Å². The Labute approximate surface area is 114 Å². The maximum Gasteiger partial charge on any atom is 0.354 e. The molecule has 1 aliphatic heterocycles. The average molecular weight is 276 g/mol. The van der Waals surface area contributed by atoms with Crippen LogP contribution in [0.2, 0.25) is 0 Å². The Morgan fingerprint density at radius 1 is 1.50 bits per heavy atom. The molecule has 0 aliphatic carbocycles. The van der Waals surface area contributed by atoms with E-state index in [1.54, 1.807) is 17.6 Å². The smallest absolute Gasteiger partial charge is 0.354 e. The number of halogens is 1. The predicted octanol–water partition coefficient (Wildman–Crippen LogP) is 2.23. The molecule has 2 aromatic rings. The highest BCUT2D eigenvalue weighted by atomic mass is 19.1. The van der Waals surface area contributed by atoms with Gasteiger partial charge in [0.15, 0.2) is 5.69 Å². The molecule has 1 aromatic carbocycles. The van der Waals surface area contributed by atoms with E-state index in [2.05, 4.69) is 4.98 Å². The topological polar surface area (TPSA) is 64.4 Å². The summed E-state index contributed by atoms with van der Waals surface area (Å²) in [5.74, 6) is -0.916. The molecular formula is C14H13FN2O3. The fourth-order valence-electron chi connectivity index (χ4n) is 2.42. The first-order chi connectivity index (χ1) is 9.58. The number of carboxylic acids is 1. The number of ether oxygens (including phenoxy) is 1. The Balaban J connectivity index is 2.25. The predicted molar refractivity (Wildman–Crippen MR) is 69.0 cm³/mol. The van der Waals surface area contributed by atoms with Gasteiger partial charge in [-0.15, -0.1) is 0 Å². The molecule has 0 amide bonds. The normalized spacial score (nSPS) is 14.1. The number of carbonyl (C=O) groups is 1. The third kappa shape index (κ3) is 1.98. The van der Waals surface area contributed by atoms with Crippen LogP contribution in [0.4, 0.5) is 4.39 Å². The minimum atomic E-state index is -1.07. The van der Waals surface area contributed by atoms with Crippen molar-refractivity contribution in [3.05, 3.63) is 41.1 Å². The average Bonchev–Trinajstić information content (AvgIpc) is 2.80. The molecule has 0 bridgehead atoms. The van der Waals surface area contributed by atoms with E-state index in [1.807, 2.05) is 0 Å². The van der Waals surface area contributed by atoms with Gasteiger partial charge in [-0.25, -0.2) is 14.2 Å². The lowest BCUT2D eigenvalue weighted by Crippen LogP contribution is -2.20. The van der Waals surface area contributed by atoms with Crippen LogP contribution in [0.15, 0.2) is 18.2 Å². The number of benzene rings is 1. The van der Waals surface area contributed by atoms with Crippen LogP contribution in [0.1, 0.15) is 21.9 Å². The van der Waals surface area contributed by atoms with Crippen LogP contribution in [0.25, 0.3) is 11.3 Å². The van der Waals surface area contributed by atoms with Gasteiger partial charge >= 0.3 is 5.97 Å². The molecule has 0 unspecified atom stereocenters. The molecular weight excluding hydrogens is 263 g/mol. The minimum Gasteiger partial charge on any atom is -0.477 e. The van der Waals surface area contributed by atoms with Gasteiger partial charge in [0.25, 0.3) is 0 Å². The third-order valence-electron chi connectivity index (χ3n) is 3.39.